The van der Waals surface area contributed by atoms with Crippen molar-refractivity contribution < 1.29 is 13.7 Å². The molecule has 1 aliphatic heterocycles. The van der Waals surface area contributed by atoms with E-state index in [9.17, 15) is 13.7 Å². The molecule has 1 amide bonds. The van der Waals surface area contributed by atoms with Crippen molar-refractivity contribution in [1.82, 2.24) is 9.29 Å². The molecule has 2 aromatic rings. The fourth-order valence-electron chi connectivity index (χ4n) is 2.19. The van der Waals surface area contributed by atoms with Crippen molar-refractivity contribution in [1.29, 1.82) is 0 Å². The molecular formula is C16H18FN3O2S2. The summed E-state index contributed by atoms with van der Waals surface area (Å²) in [7, 11) is 0. The molecule has 1 aromatic heterocycles. The number of carbonyl (C=O) groups excluding carboxylic acids is 1. The van der Waals surface area contributed by atoms with Crippen molar-refractivity contribution in [2.75, 3.05) is 18.4 Å². The summed E-state index contributed by atoms with van der Waals surface area (Å²) in [6.45, 7) is 4.86. The molecule has 24 heavy (non-hydrogen) atoms. The van der Waals surface area contributed by atoms with Crippen LogP contribution in [0.5, 0.6) is 0 Å². The molecule has 8 heteroatoms. The molecule has 128 valence electrons. The minimum absolute atomic E-state index is 0.308. The van der Waals surface area contributed by atoms with Crippen molar-refractivity contribution in [2.24, 2.45) is 0 Å². The maximum Gasteiger partial charge on any atom is 0.283 e. The molecule has 1 N–H and O–H groups in total. The third-order valence-electron chi connectivity index (χ3n) is 3.90. The van der Waals surface area contributed by atoms with E-state index >= 15 is 0 Å². The van der Waals surface area contributed by atoms with Crippen LogP contribution in [0, 0.1) is 5.82 Å². The van der Waals surface area contributed by atoms with Crippen LogP contribution in [0.1, 0.15) is 20.3 Å². The lowest BCUT2D eigenvalue weighted by molar-refractivity contribution is -0.118. The number of hydrogen-bond donors (Lipinski definition) is 1. The summed E-state index contributed by atoms with van der Waals surface area (Å²) in [5.41, 5.74) is 1.44. The van der Waals surface area contributed by atoms with E-state index in [0.29, 0.717) is 10.8 Å². The van der Waals surface area contributed by atoms with Gasteiger partial charge >= 0.3 is 0 Å². The number of nitrogens with zero attached hydrogens (tertiary/aromatic N) is 2. The van der Waals surface area contributed by atoms with Gasteiger partial charge in [0.05, 0.1) is 17.1 Å². The van der Waals surface area contributed by atoms with Crippen LogP contribution in [-0.2, 0) is 16.2 Å². The summed E-state index contributed by atoms with van der Waals surface area (Å²) in [4.78, 5) is 16.9. The molecule has 1 saturated heterocycles. The topological polar surface area (TPSA) is 68.3 Å². The van der Waals surface area contributed by atoms with E-state index in [0.717, 1.165) is 25.1 Å². The number of benzene rings is 1. The number of rotatable bonds is 5. The quantitative estimate of drug-likeness (QED) is 0.825. The second kappa shape index (κ2) is 6.79. The highest BCUT2D eigenvalue weighted by atomic mass is 32.2. The number of aromatic nitrogens is 1. The normalized spacial score (nSPS) is 16.5. The van der Waals surface area contributed by atoms with Gasteiger partial charge in [-0.1, -0.05) is 0 Å². The lowest BCUT2D eigenvalue weighted by atomic mass is 10.2. The Bertz CT molecular complexity index is 729. The second-order valence-corrected chi connectivity index (χ2v) is 8.93. The molecule has 0 aliphatic carbocycles. The van der Waals surface area contributed by atoms with Gasteiger partial charge in [-0.3, -0.25) is 10.1 Å². The second-order valence-electron chi connectivity index (χ2n) is 6.04. The van der Waals surface area contributed by atoms with Gasteiger partial charge in [0.2, 0.25) is 4.75 Å². The summed E-state index contributed by atoms with van der Waals surface area (Å²) in [6.07, 6.45) is 1.01. The van der Waals surface area contributed by atoms with Gasteiger partial charge in [0.1, 0.15) is 5.82 Å². The van der Waals surface area contributed by atoms with E-state index in [-0.39, 0.29) is 11.7 Å². The zero-order valence-corrected chi connectivity index (χ0v) is 15.0. The fraction of sp³-hybridized carbons (Fsp3) is 0.375. The Morgan fingerprint density at radius 1 is 1.38 bits per heavy atom. The zero-order chi connectivity index (χ0) is 17.3. The third-order valence-corrected chi connectivity index (χ3v) is 6.55. The molecule has 1 aromatic carbocycles. The smallest absolute Gasteiger partial charge is 0.283 e. The van der Waals surface area contributed by atoms with Gasteiger partial charge < -0.3 is 4.55 Å². The van der Waals surface area contributed by atoms with E-state index in [2.05, 4.69) is 10.3 Å². The Morgan fingerprint density at radius 2 is 2.04 bits per heavy atom. The zero-order valence-electron chi connectivity index (χ0n) is 13.4. The molecule has 0 saturated carbocycles. The lowest BCUT2D eigenvalue weighted by Crippen LogP contribution is -2.55. The van der Waals surface area contributed by atoms with Crippen LogP contribution < -0.4 is 5.32 Å². The Morgan fingerprint density at radius 3 is 2.62 bits per heavy atom. The van der Waals surface area contributed by atoms with Crippen molar-refractivity contribution in [3.05, 3.63) is 35.5 Å². The highest BCUT2D eigenvalue weighted by Gasteiger charge is 2.46. The summed E-state index contributed by atoms with van der Waals surface area (Å²) in [5.74, 6) is -0.634. The molecule has 0 spiro atoms. The summed E-state index contributed by atoms with van der Waals surface area (Å²) >= 11 is -0.0839. The SMILES string of the molecule is CC(C)(C(=O)Nc1nc(-c2ccc(F)cc2)cs1)[S+]([O-])N1CCC1. The molecular weight excluding hydrogens is 349 g/mol. The molecule has 1 aliphatic rings. The van der Waals surface area contributed by atoms with Crippen molar-refractivity contribution >= 4 is 33.7 Å². The highest BCUT2D eigenvalue weighted by Crippen LogP contribution is 2.29. The van der Waals surface area contributed by atoms with Gasteiger partial charge in [-0.2, -0.15) is 0 Å². The summed E-state index contributed by atoms with van der Waals surface area (Å²) in [6, 6.07) is 6.01. The monoisotopic (exact) mass is 367 g/mol. The largest absolute Gasteiger partial charge is 0.597 e. The molecule has 5 nitrogen and oxygen atoms in total. The van der Waals surface area contributed by atoms with E-state index in [1.807, 2.05) is 0 Å². The number of anilines is 1. The maximum absolute atomic E-state index is 13.0. The van der Waals surface area contributed by atoms with Gasteiger partial charge in [-0.05, 0) is 44.5 Å². The van der Waals surface area contributed by atoms with Gasteiger partial charge in [-0.15, -0.1) is 15.6 Å². The highest BCUT2D eigenvalue weighted by molar-refractivity contribution is 7.91. The number of halogens is 1. The molecule has 1 atom stereocenters. The number of thiazole rings is 1. The number of nitrogens with one attached hydrogen (secondary N) is 1. The van der Waals surface area contributed by atoms with Crippen molar-refractivity contribution in [3.8, 4) is 11.3 Å². The van der Waals surface area contributed by atoms with E-state index in [1.54, 1.807) is 35.7 Å². The van der Waals surface area contributed by atoms with Gasteiger partial charge in [0.15, 0.2) is 5.13 Å². The van der Waals surface area contributed by atoms with Crippen LogP contribution >= 0.6 is 11.3 Å². The van der Waals surface area contributed by atoms with Crippen LogP contribution in [0.2, 0.25) is 0 Å². The van der Waals surface area contributed by atoms with E-state index in [4.69, 9.17) is 0 Å². The Kier molecular flexibility index (Phi) is 4.91. The van der Waals surface area contributed by atoms with Crippen LogP contribution in [-0.4, -0.2) is 37.6 Å². The van der Waals surface area contributed by atoms with E-state index < -0.39 is 16.1 Å². The molecule has 1 fully saturated rings. The predicted octanol–water partition coefficient (Wildman–Crippen LogP) is 3.04. The lowest BCUT2D eigenvalue weighted by Gasteiger charge is -2.37. The molecule has 3 rings (SSSR count). The summed E-state index contributed by atoms with van der Waals surface area (Å²) < 4.78 is 26.2. The van der Waals surface area contributed by atoms with E-state index in [1.165, 1.54) is 23.5 Å². The molecule has 1 unspecified atom stereocenters. The van der Waals surface area contributed by atoms with Crippen molar-refractivity contribution in [3.63, 3.8) is 0 Å². The van der Waals surface area contributed by atoms with Gasteiger partial charge in [-0.25, -0.2) is 9.37 Å². The molecule has 0 radical (unpaired) electrons. The molecule has 0 bridgehead atoms. The number of carbonyl (C=O) groups is 1. The number of hydrogen-bond acceptors (Lipinski definition) is 5. The Labute approximate surface area is 147 Å². The maximum atomic E-state index is 13.0. The number of amides is 1. The van der Waals surface area contributed by atoms with Crippen LogP contribution in [0.25, 0.3) is 11.3 Å². The molecule has 2 heterocycles. The first-order chi connectivity index (χ1) is 11.4. The average Bonchev–Trinajstić information content (AvgIpc) is 2.94. The van der Waals surface area contributed by atoms with Crippen molar-refractivity contribution in [2.45, 2.75) is 25.0 Å². The minimum atomic E-state index is -1.37. The standard InChI is InChI=1S/C16H18FN3O2S2/c1-16(2,24(22)20-8-3-9-20)14(21)19-15-18-13(10-23-15)11-4-6-12(17)7-5-11/h4-7,10H,3,8-9H2,1-2H3,(H,18,19,21). The van der Waals surface area contributed by atoms with Gasteiger partial charge in [0.25, 0.3) is 5.91 Å². The minimum Gasteiger partial charge on any atom is -0.597 e. The Balaban J connectivity index is 1.69. The summed E-state index contributed by atoms with van der Waals surface area (Å²) in [5, 5.41) is 4.97. The average molecular weight is 367 g/mol. The third kappa shape index (κ3) is 3.46. The first-order valence-electron chi connectivity index (χ1n) is 7.58. The predicted molar refractivity (Wildman–Crippen MR) is 94.5 cm³/mol. The fourth-order valence-corrected chi connectivity index (χ4v) is 4.35. The Hall–Kier alpha value is -1.48. The van der Waals surface area contributed by atoms with Crippen LogP contribution in [0.4, 0.5) is 9.52 Å². The van der Waals surface area contributed by atoms with Crippen LogP contribution in [0.15, 0.2) is 29.6 Å². The van der Waals surface area contributed by atoms with Gasteiger partial charge in [0, 0.05) is 24.0 Å². The first kappa shape index (κ1) is 17.3. The first-order valence-corrected chi connectivity index (χ1v) is 9.56. The van der Waals surface area contributed by atoms with Crippen LogP contribution in [0.3, 0.4) is 0 Å².